The van der Waals surface area contributed by atoms with Crippen LogP contribution in [0.1, 0.15) is 33.0 Å². The van der Waals surface area contributed by atoms with Crippen molar-refractivity contribution in [3.63, 3.8) is 0 Å². The molecule has 0 unspecified atom stereocenters. The number of hydrogen-bond donors (Lipinski definition) is 1. The number of nitrogens with one attached hydrogen (secondary N) is 1. The first kappa shape index (κ1) is 20.4. The highest BCUT2D eigenvalue weighted by Crippen LogP contribution is 2.44. The maximum atomic E-state index is 12.2. The molecular formula is C26H23NO4. The third-order valence-corrected chi connectivity index (χ3v) is 5.33. The molecule has 1 aliphatic rings. The fraction of sp³-hybridized carbons (Fsp3) is 0.154. The summed E-state index contributed by atoms with van der Waals surface area (Å²) in [5.74, 6) is -0.346. The molecule has 0 aromatic heterocycles. The van der Waals surface area contributed by atoms with E-state index in [1.807, 2.05) is 36.4 Å². The number of benzene rings is 3. The van der Waals surface area contributed by atoms with Crippen LogP contribution in [0.15, 0.2) is 78.9 Å². The van der Waals surface area contributed by atoms with Gasteiger partial charge in [0.2, 0.25) is 0 Å². The lowest BCUT2D eigenvalue weighted by atomic mass is 9.98. The second-order valence-electron chi connectivity index (χ2n) is 7.23. The number of fused-ring (bicyclic) bond motifs is 3. The van der Waals surface area contributed by atoms with Crippen LogP contribution in [0.4, 0.5) is 4.79 Å². The van der Waals surface area contributed by atoms with Crippen molar-refractivity contribution >= 4 is 18.1 Å². The molecule has 0 atom stereocenters. The number of hydrogen-bond acceptors (Lipinski definition) is 4. The Hall–Kier alpha value is -3.86. The molecule has 1 N–H and O–H groups in total. The summed E-state index contributed by atoms with van der Waals surface area (Å²) in [5.41, 5.74) is 6.09. The molecule has 5 heteroatoms. The second-order valence-corrected chi connectivity index (χ2v) is 7.23. The smallest absolute Gasteiger partial charge is 0.407 e. The van der Waals surface area contributed by atoms with E-state index in [9.17, 15) is 9.59 Å². The van der Waals surface area contributed by atoms with Crippen molar-refractivity contribution in [1.29, 1.82) is 0 Å². The summed E-state index contributed by atoms with van der Waals surface area (Å²) in [6.45, 7) is 0.601. The SMILES string of the molecule is COC(=O)c1cccc(C=CCNC(=O)OCC2c3ccccc3-c3ccccc32)c1. The minimum Gasteiger partial charge on any atom is -0.465 e. The Bertz CT molecular complexity index is 1090. The third-order valence-electron chi connectivity index (χ3n) is 5.33. The molecule has 0 radical (unpaired) electrons. The summed E-state index contributed by atoms with van der Waals surface area (Å²) in [6, 6.07) is 23.5. The number of rotatable bonds is 6. The van der Waals surface area contributed by atoms with Crippen molar-refractivity contribution in [3.8, 4) is 11.1 Å². The number of carbonyl (C=O) groups excluding carboxylic acids is 2. The Morgan fingerprint density at radius 1 is 0.935 bits per heavy atom. The number of esters is 1. The first-order valence-electron chi connectivity index (χ1n) is 10.1. The fourth-order valence-corrected chi connectivity index (χ4v) is 3.87. The lowest BCUT2D eigenvalue weighted by Crippen LogP contribution is -2.26. The number of methoxy groups -OCH3 is 1. The van der Waals surface area contributed by atoms with Gasteiger partial charge >= 0.3 is 12.1 Å². The second kappa shape index (κ2) is 9.30. The standard InChI is InChI=1S/C26H23NO4/c1-30-25(28)19-10-6-8-18(16-19)9-7-15-27-26(29)31-17-24-22-13-4-2-11-20(22)21-12-3-5-14-23(21)24/h2-14,16,24H,15,17H2,1H3,(H,27,29). The average molecular weight is 413 g/mol. The van der Waals surface area contributed by atoms with E-state index in [2.05, 4.69) is 29.6 Å². The topological polar surface area (TPSA) is 64.6 Å². The summed E-state index contributed by atoms with van der Waals surface area (Å²) >= 11 is 0. The van der Waals surface area contributed by atoms with Crippen LogP contribution < -0.4 is 5.32 Å². The Morgan fingerprint density at radius 2 is 1.61 bits per heavy atom. The zero-order valence-corrected chi connectivity index (χ0v) is 17.2. The van der Waals surface area contributed by atoms with Gasteiger partial charge in [0.05, 0.1) is 12.7 Å². The van der Waals surface area contributed by atoms with Gasteiger partial charge in [0.1, 0.15) is 6.61 Å². The summed E-state index contributed by atoms with van der Waals surface area (Å²) in [7, 11) is 1.35. The van der Waals surface area contributed by atoms with E-state index in [1.165, 1.54) is 29.4 Å². The summed E-state index contributed by atoms with van der Waals surface area (Å²) in [5, 5.41) is 2.73. The minimum atomic E-state index is -0.463. The van der Waals surface area contributed by atoms with Crippen molar-refractivity contribution in [2.75, 3.05) is 20.3 Å². The molecule has 0 fully saturated rings. The van der Waals surface area contributed by atoms with Gasteiger partial charge in [-0.3, -0.25) is 0 Å². The van der Waals surface area contributed by atoms with Crippen LogP contribution >= 0.6 is 0 Å². The van der Waals surface area contributed by atoms with Gasteiger partial charge in [-0.2, -0.15) is 0 Å². The van der Waals surface area contributed by atoms with E-state index < -0.39 is 6.09 Å². The molecule has 156 valence electrons. The highest BCUT2D eigenvalue weighted by atomic mass is 16.5. The Balaban J connectivity index is 1.31. The van der Waals surface area contributed by atoms with E-state index in [-0.39, 0.29) is 18.5 Å². The quantitative estimate of drug-likeness (QED) is 0.576. The Kier molecular flexibility index (Phi) is 6.13. The van der Waals surface area contributed by atoms with Crippen molar-refractivity contribution in [1.82, 2.24) is 5.32 Å². The molecule has 3 aromatic carbocycles. The van der Waals surface area contributed by atoms with E-state index in [1.54, 1.807) is 24.3 Å². The lowest BCUT2D eigenvalue weighted by Gasteiger charge is -2.14. The van der Waals surface area contributed by atoms with E-state index in [4.69, 9.17) is 9.47 Å². The van der Waals surface area contributed by atoms with Crippen LogP contribution in [-0.4, -0.2) is 32.3 Å². The zero-order chi connectivity index (χ0) is 21.6. The maximum Gasteiger partial charge on any atom is 0.407 e. The van der Waals surface area contributed by atoms with Crippen LogP contribution in [-0.2, 0) is 9.47 Å². The molecule has 0 heterocycles. The fourth-order valence-electron chi connectivity index (χ4n) is 3.87. The van der Waals surface area contributed by atoms with Gasteiger partial charge in [0.25, 0.3) is 0 Å². The molecular weight excluding hydrogens is 390 g/mol. The van der Waals surface area contributed by atoms with Gasteiger partial charge in [0.15, 0.2) is 0 Å². The van der Waals surface area contributed by atoms with Crippen LogP contribution in [0, 0.1) is 0 Å². The first-order chi connectivity index (χ1) is 15.2. The van der Waals surface area contributed by atoms with E-state index >= 15 is 0 Å². The normalized spacial score (nSPS) is 12.3. The molecule has 0 saturated heterocycles. The van der Waals surface area contributed by atoms with Crippen LogP contribution in [0.25, 0.3) is 17.2 Å². The molecule has 0 spiro atoms. The van der Waals surface area contributed by atoms with Crippen LogP contribution in [0.5, 0.6) is 0 Å². The number of alkyl carbamates (subject to hydrolysis) is 1. The number of amides is 1. The van der Waals surface area contributed by atoms with Gasteiger partial charge in [-0.1, -0.05) is 72.8 Å². The van der Waals surface area contributed by atoms with Crippen molar-refractivity contribution in [2.24, 2.45) is 0 Å². The molecule has 0 bridgehead atoms. The molecule has 0 aliphatic heterocycles. The third kappa shape index (κ3) is 4.51. The molecule has 3 aromatic rings. The van der Waals surface area contributed by atoms with E-state index in [0.717, 1.165) is 5.56 Å². The summed E-state index contributed by atoms with van der Waals surface area (Å²) in [4.78, 5) is 23.8. The highest BCUT2D eigenvalue weighted by molar-refractivity contribution is 5.90. The van der Waals surface area contributed by atoms with Crippen LogP contribution in [0.3, 0.4) is 0 Å². The summed E-state index contributed by atoms with van der Waals surface area (Å²) < 4.78 is 10.2. The average Bonchev–Trinajstić information content (AvgIpc) is 3.14. The molecule has 31 heavy (non-hydrogen) atoms. The predicted molar refractivity (Wildman–Crippen MR) is 120 cm³/mol. The number of ether oxygens (including phenoxy) is 2. The lowest BCUT2D eigenvalue weighted by molar-refractivity contribution is 0.0600. The van der Waals surface area contributed by atoms with Gasteiger partial charge in [0, 0.05) is 12.5 Å². The van der Waals surface area contributed by atoms with Gasteiger partial charge in [-0.15, -0.1) is 0 Å². The molecule has 1 amide bonds. The monoisotopic (exact) mass is 413 g/mol. The Labute approximate surface area is 181 Å². The largest absolute Gasteiger partial charge is 0.465 e. The molecule has 0 saturated carbocycles. The van der Waals surface area contributed by atoms with Gasteiger partial charge in [-0.05, 0) is 39.9 Å². The maximum absolute atomic E-state index is 12.2. The molecule has 4 rings (SSSR count). The van der Waals surface area contributed by atoms with Crippen molar-refractivity contribution in [2.45, 2.75) is 5.92 Å². The van der Waals surface area contributed by atoms with Gasteiger partial charge < -0.3 is 14.8 Å². The minimum absolute atomic E-state index is 0.0368. The van der Waals surface area contributed by atoms with Gasteiger partial charge in [-0.25, -0.2) is 9.59 Å². The molecule has 1 aliphatic carbocycles. The predicted octanol–water partition coefficient (Wildman–Crippen LogP) is 5.03. The first-order valence-corrected chi connectivity index (χ1v) is 10.1. The zero-order valence-electron chi connectivity index (χ0n) is 17.2. The summed E-state index contributed by atoms with van der Waals surface area (Å²) in [6.07, 6.45) is 3.17. The van der Waals surface area contributed by atoms with Crippen molar-refractivity contribution in [3.05, 3.63) is 101 Å². The Morgan fingerprint density at radius 3 is 2.29 bits per heavy atom. The van der Waals surface area contributed by atoms with Crippen LogP contribution in [0.2, 0.25) is 0 Å². The number of carbonyl (C=O) groups is 2. The highest BCUT2D eigenvalue weighted by Gasteiger charge is 2.28. The van der Waals surface area contributed by atoms with E-state index in [0.29, 0.717) is 12.1 Å². The van der Waals surface area contributed by atoms with Crippen molar-refractivity contribution < 1.29 is 19.1 Å². The molecule has 5 nitrogen and oxygen atoms in total.